The molecule has 3 atom stereocenters. The summed E-state index contributed by atoms with van der Waals surface area (Å²) in [6, 6.07) is 0. The first-order valence-electron chi connectivity index (χ1n) is 17.4. The standard InChI is InChI=1S/C36H63O9P/c1-4-6-7-8-16-21-26-33(37)27-22-17-11-9-10-12-18-23-28-35(38)43-30-34(31-44-46(40,41)42)45-36(39)29-24-19-14-13-15-20-25-32(3)5-2/h10-12,16-17,21-22,27,32-34,37H,4-9,13-15,18-20,23-26,28-31H2,1-3H3,(H2,40,41,42)/b12-10-,17-11-,21-16-,27-22+/t32?,33-,34-/m1/s1. The number of hydrogen-bond acceptors (Lipinski definition) is 7. The van der Waals surface area contributed by atoms with Gasteiger partial charge in [0.15, 0.2) is 6.10 Å². The van der Waals surface area contributed by atoms with E-state index in [2.05, 4.69) is 31.4 Å². The molecular weight excluding hydrogens is 607 g/mol. The minimum atomic E-state index is -4.77. The second-order valence-corrected chi connectivity index (χ2v) is 13.2. The van der Waals surface area contributed by atoms with Gasteiger partial charge in [0.05, 0.1) is 12.7 Å². The number of aliphatic hydroxyl groups excluding tert-OH is 1. The summed E-state index contributed by atoms with van der Waals surface area (Å²) >= 11 is 0. The third-order valence-corrected chi connectivity index (χ3v) is 7.96. The van der Waals surface area contributed by atoms with Crippen molar-refractivity contribution in [3.8, 4) is 0 Å². The van der Waals surface area contributed by atoms with Crippen molar-refractivity contribution >= 4 is 19.8 Å². The van der Waals surface area contributed by atoms with E-state index < -0.39 is 38.6 Å². The molecular formula is C36H63O9P. The Kier molecular flexibility index (Phi) is 29.0. The quantitative estimate of drug-likeness (QED) is 0.0225. The highest BCUT2D eigenvalue weighted by Crippen LogP contribution is 2.36. The number of ether oxygens (including phenoxy) is 2. The molecule has 1 unspecified atom stereocenters. The van der Waals surface area contributed by atoms with Gasteiger partial charge in [-0.2, -0.15) is 0 Å². The Morgan fingerprint density at radius 2 is 1.43 bits per heavy atom. The zero-order valence-electron chi connectivity index (χ0n) is 28.7. The van der Waals surface area contributed by atoms with Gasteiger partial charge < -0.3 is 24.4 Å². The van der Waals surface area contributed by atoms with E-state index in [0.717, 1.165) is 38.0 Å². The number of aliphatic hydroxyl groups is 1. The number of rotatable bonds is 30. The molecule has 10 heteroatoms. The van der Waals surface area contributed by atoms with E-state index in [9.17, 15) is 19.3 Å². The fourth-order valence-electron chi connectivity index (χ4n) is 4.42. The van der Waals surface area contributed by atoms with Crippen LogP contribution >= 0.6 is 7.82 Å². The third-order valence-electron chi connectivity index (χ3n) is 7.47. The maximum atomic E-state index is 12.3. The number of carbonyl (C=O) groups excluding carboxylic acids is 2. The molecule has 46 heavy (non-hydrogen) atoms. The molecule has 0 heterocycles. The number of esters is 2. The minimum absolute atomic E-state index is 0.158. The monoisotopic (exact) mass is 670 g/mol. The lowest BCUT2D eigenvalue weighted by atomic mass is 10.00. The first-order chi connectivity index (χ1) is 22.1. The molecule has 0 aliphatic carbocycles. The summed E-state index contributed by atoms with van der Waals surface area (Å²) in [6.07, 6.45) is 30.3. The van der Waals surface area contributed by atoms with Crippen LogP contribution in [0.3, 0.4) is 0 Å². The van der Waals surface area contributed by atoms with E-state index in [-0.39, 0.29) is 19.4 Å². The third kappa shape index (κ3) is 31.9. The molecule has 0 saturated carbocycles. The van der Waals surface area contributed by atoms with Crippen LogP contribution in [0.5, 0.6) is 0 Å². The molecule has 0 radical (unpaired) electrons. The fraction of sp³-hybridized carbons (Fsp3) is 0.722. The van der Waals surface area contributed by atoms with Gasteiger partial charge in [0.2, 0.25) is 0 Å². The second-order valence-electron chi connectivity index (χ2n) is 11.9. The molecule has 0 aromatic rings. The number of phosphoric ester groups is 1. The van der Waals surface area contributed by atoms with Crippen molar-refractivity contribution in [1.82, 2.24) is 0 Å². The van der Waals surface area contributed by atoms with E-state index in [1.807, 2.05) is 36.5 Å². The molecule has 0 aliphatic heterocycles. The van der Waals surface area contributed by atoms with Gasteiger partial charge in [0.25, 0.3) is 0 Å². The zero-order valence-corrected chi connectivity index (χ0v) is 29.6. The van der Waals surface area contributed by atoms with E-state index in [0.29, 0.717) is 25.7 Å². The first kappa shape index (κ1) is 44.0. The van der Waals surface area contributed by atoms with Gasteiger partial charge in [-0.3, -0.25) is 14.1 Å². The summed E-state index contributed by atoms with van der Waals surface area (Å²) in [5, 5.41) is 9.96. The highest BCUT2D eigenvalue weighted by molar-refractivity contribution is 7.46. The Bertz CT molecular complexity index is 922. The summed E-state index contributed by atoms with van der Waals surface area (Å²) in [5.41, 5.74) is 0. The Morgan fingerprint density at radius 3 is 2.15 bits per heavy atom. The Morgan fingerprint density at radius 1 is 0.761 bits per heavy atom. The molecule has 3 N–H and O–H groups in total. The van der Waals surface area contributed by atoms with E-state index in [1.54, 1.807) is 6.08 Å². The predicted molar refractivity (Wildman–Crippen MR) is 185 cm³/mol. The van der Waals surface area contributed by atoms with E-state index >= 15 is 0 Å². The van der Waals surface area contributed by atoms with Crippen LogP contribution in [0.15, 0.2) is 48.6 Å². The van der Waals surface area contributed by atoms with Gasteiger partial charge in [0, 0.05) is 12.8 Å². The van der Waals surface area contributed by atoms with Crippen molar-refractivity contribution < 1.29 is 43.0 Å². The Hall–Kier alpha value is -2.03. The summed E-state index contributed by atoms with van der Waals surface area (Å²) in [7, 11) is -4.77. The van der Waals surface area contributed by atoms with E-state index in [1.165, 1.54) is 44.9 Å². The molecule has 9 nitrogen and oxygen atoms in total. The van der Waals surface area contributed by atoms with Crippen LogP contribution in [0.2, 0.25) is 0 Å². The van der Waals surface area contributed by atoms with Gasteiger partial charge in [-0.05, 0) is 50.9 Å². The van der Waals surface area contributed by atoms with Crippen LogP contribution in [-0.2, 0) is 28.2 Å². The minimum Gasteiger partial charge on any atom is -0.462 e. The van der Waals surface area contributed by atoms with Gasteiger partial charge in [-0.1, -0.05) is 127 Å². The average molecular weight is 671 g/mol. The molecule has 0 aromatic carbocycles. The molecule has 0 spiro atoms. The number of unbranched alkanes of at least 4 members (excludes halogenated alkanes) is 9. The largest absolute Gasteiger partial charge is 0.469 e. The summed E-state index contributed by atoms with van der Waals surface area (Å²) < 4.78 is 26.1. The average Bonchev–Trinajstić information content (AvgIpc) is 3.01. The highest BCUT2D eigenvalue weighted by Gasteiger charge is 2.22. The fourth-order valence-corrected chi connectivity index (χ4v) is 4.78. The maximum Gasteiger partial charge on any atom is 0.469 e. The van der Waals surface area contributed by atoms with Crippen LogP contribution in [0.4, 0.5) is 0 Å². The van der Waals surface area contributed by atoms with Crippen LogP contribution in [0.1, 0.15) is 136 Å². The van der Waals surface area contributed by atoms with Gasteiger partial charge in [-0.25, -0.2) is 4.57 Å². The number of carbonyl (C=O) groups is 2. The number of phosphoric acid groups is 1. The molecule has 0 aromatic heterocycles. The predicted octanol–water partition coefficient (Wildman–Crippen LogP) is 8.83. The molecule has 0 rings (SSSR count). The van der Waals surface area contributed by atoms with Crippen LogP contribution in [-0.4, -0.2) is 52.3 Å². The summed E-state index contributed by atoms with van der Waals surface area (Å²) in [4.78, 5) is 42.5. The van der Waals surface area contributed by atoms with E-state index in [4.69, 9.17) is 19.3 Å². The summed E-state index contributed by atoms with van der Waals surface area (Å²) in [5.74, 6) is -0.230. The lowest BCUT2D eigenvalue weighted by Crippen LogP contribution is -2.29. The van der Waals surface area contributed by atoms with Gasteiger partial charge >= 0.3 is 19.8 Å². The molecule has 0 aliphatic rings. The molecule has 0 fully saturated rings. The van der Waals surface area contributed by atoms with Crippen LogP contribution in [0.25, 0.3) is 0 Å². The Labute approximate surface area is 278 Å². The Balaban J connectivity index is 4.20. The van der Waals surface area contributed by atoms with Crippen LogP contribution < -0.4 is 0 Å². The normalized spacial score (nSPS) is 14.5. The smallest absolute Gasteiger partial charge is 0.462 e. The number of hydrogen-bond donors (Lipinski definition) is 3. The SMILES string of the molecule is CCCCC/C=C\C[C@@H](O)/C=C/C=C\C/C=C\CCCC(=O)OC[C@H](COP(=O)(O)O)OC(=O)CCCCCCCCC(C)CC. The van der Waals surface area contributed by atoms with Gasteiger partial charge in [0.1, 0.15) is 6.61 Å². The van der Waals surface area contributed by atoms with Crippen molar-refractivity contribution in [2.75, 3.05) is 13.2 Å². The molecule has 0 saturated heterocycles. The molecule has 0 bridgehead atoms. The van der Waals surface area contributed by atoms with Crippen molar-refractivity contribution in [3.05, 3.63) is 48.6 Å². The zero-order chi connectivity index (χ0) is 34.3. The molecule has 0 amide bonds. The van der Waals surface area contributed by atoms with Crippen molar-refractivity contribution in [3.63, 3.8) is 0 Å². The van der Waals surface area contributed by atoms with Gasteiger partial charge in [-0.15, -0.1) is 0 Å². The number of allylic oxidation sites excluding steroid dienone is 6. The first-order valence-corrected chi connectivity index (χ1v) is 19.0. The summed E-state index contributed by atoms with van der Waals surface area (Å²) in [6.45, 7) is 5.76. The lowest BCUT2D eigenvalue weighted by Gasteiger charge is -2.18. The topological polar surface area (TPSA) is 140 Å². The highest BCUT2D eigenvalue weighted by atomic mass is 31.2. The lowest BCUT2D eigenvalue weighted by molar-refractivity contribution is -0.161. The van der Waals surface area contributed by atoms with Crippen molar-refractivity contribution in [2.45, 2.75) is 149 Å². The second kappa shape index (κ2) is 30.3. The van der Waals surface area contributed by atoms with Crippen LogP contribution in [0, 0.1) is 5.92 Å². The molecule has 266 valence electrons. The van der Waals surface area contributed by atoms with Crippen molar-refractivity contribution in [2.24, 2.45) is 5.92 Å². The van der Waals surface area contributed by atoms with Crippen molar-refractivity contribution in [1.29, 1.82) is 0 Å². The maximum absolute atomic E-state index is 12.3.